The Morgan fingerprint density at radius 2 is 2.00 bits per heavy atom. The van der Waals surface area contributed by atoms with Gasteiger partial charge < -0.3 is 4.74 Å². The molecule has 4 aromatic rings. The van der Waals surface area contributed by atoms with Crippen molar-refractivity contribution in [3.63, 3.8) is 0 Å². The first-order valence-corrected chi connectivity index (χ1v) is 11.0. The molecule has 2 bridgehead atoms. The molecule has 0 spiro atoms. The van der Waals surface area contributed by atoms with Gasteiger partial charge in [0.1, 0.15) is 11.3 Å². The summed E-state index contributed by atoms with van der Waals surface area (Å²) >= 11 is 0. The third-order valence-electron chi connectivity index (χ3n) is 5.78. The van der Waals surface area contributed by atoms with Crippen molar-refractivity contribution >= 4 is 23.0 Å². The number of amides is 1. The molecule has 0 aromatic carbocycles. The molecule has 1 atom stereocenters. The maximum absolute atomic E-state index is 13.3. The van der Waals surface area contributed by atoms with Gasteiger partial charge in [-0.15, -0.1) is 0 Å². The first kappa shape index (κ1) is 21.0. The Kier molecular flexibility index (Phi) is 5.27. The quantitative estimate of drug-likeness (QED) is 0.441. The molecule has 5 heterocycles. The third kappa shape index (κ3) is 4.04. The molecule has 5 rings (SSSR count). The molecule has 4 aromatic heterocycles. The Labute approximate surface area is 191 Å². The van der Waals surface area contributed by atoms with Crippen molar-refractivity contribution in [2.24, 2.45) is 13.0 Å². The second-order valence-corrected chi connectivity index (χ2v) is 8.59. The highest BCUT2D eigenvalue weighted by molar-refractivity contribution is 6.04. The highest BCUT2D eigenvalue weighted by atomic mass is 16.5. The van der Waals surface area contributed by atoms with Crippen LogP contribution in [0.4, 0.5) is 5.95 Å². The van der Waals surface area contributed by atoms with E-state index in [1.165, 1.54) is 0 Å². The molecular weight excluding hydrogens is 420 g/mol. The molecule has 10 nitrogen and oxygen atoms in total. The highest BCUT2D eigenvalue weighted by Crippen LogP contribution is 2.30. The predicted molar refractivity (Wildman–Crippen MR) is 123 cm³/mol. The van der Waals surface area contributed by atoms with Gasteiger partial charge in [-0.3, -0.25) is 19.7 Å². The van der Waals surface area contributed by atoms with Gasteiger partial charge in [-0.25, -0.2) is 19.6 Å². The van der Waals surface area contributed by atoms with E-state index in [1.54, 1.807) is 29.2 Å². The van der Waals surface area contributed by atoms with Gasteiger partial charge in [0, 0.05) is 24.8 Å². The van der Waals surface area contributed by atoms with E-state index in [-0.39, 0.29) is 5.91 Å². The fourth-order valence-corrected chi connectivity index (χ4v) is 4.16. The summed E-state index contributed by atoms with van der Waals surface area (Å²) in [7, 11) is 1.84. The fraction of sp³-hybridized carbons (Fsp3) is 0.391. The van der Waals surface area contributed by atoms with E-state index in [2.05, 4.69) is 37.3 Å². The number of nitrogens with one attached hydrogen (secondary N) is 1. The van der Waals surface area contributed by atoms with Crippen LogP contribution < -0.4 is 10.1 Å². The molecule has 0 aliphatic carbocycles. The number of hydrogen-bond donors (Lipinski definition) is 1. The summed E-state index contributed by atoms with van der Waals surface area (Å²) in [6, 6.07) is 3.51. The summed E-state index contributed by atoms with van der Waals surface area (Å²) in [4.78, 5) is 31.4. The van der Waals surface area contributed by atoms with Gasteiger partial charge in [0.15, 0.2) is 5.65 Å². The van der Waals surface area contributed by atoms with E-state index in [1.807, 2.05) is 25.5 Å². The molecule has 1 N–H and O–H groups in total. The molecule has 10 heteroatoms. The number of hydrogen-bond acceptors (Lipinski definition) is 7. The first-order chi connectivity index (χ1) is 15.9. The number of nitrogens with zero attached hydrogens (tertiary/aromatic N) is 7. The van der Waals surface area contributed by atoms with Crippen LogP contribution in [-0.2, 0) is 13.6 Å². The van der Waals surface area contributed by atoms with Crippen LogP contribution in [0.15, 0.2) is 24.5 Å². The minimum atomic E-state index is -0.267. The molecule has 0 fully saturated rings. The Hall–Kier alpha value is -3.82. The smallest absolute Gasteiger partial charge is 0.258 e. The molecule has 170 valence electrons. The predicted octanol–water partition coefficient (Wildman–Crippen LogP) is 3.30. The summed E-state index contributed by atoms with van der Waals surface area (Å²) in [5.74, 6) is 1.82. The van der Waals surface area contributed by atoms with Gasteiger partial charge in [-0.05, 0) is 44.7 Å². The Balaban J connectivity index is 1.62. The van der Waals surface area contributed by atoms with Crippen LogP contribution in [0.2, 0.25) is 0 Å². The number of imidazole rings is 1. The number of carbonyl (C=O) groups excluding carboxylic acids is 1. The lowest BCUT2D eigenvalue weighted by atomic mass is 10.1. The number of aromatic nitrogens is 7. The molecule has 0 unspecified atom stereocenters. The first-order valence-electron chi connectivity index (χ1n) is 11.0. The van der Waals surface area contributed by atoms with Crippen molar-refractivity contribution in [1.82, 2.24) is 34.3 Å². The second kappa shape index (κ2) is 8.27. The van der Waals surface area contributed by atoms with Crippen LogP contribution in [0.3, 0.4) is 0 Å². The summed E-state index contributed by atoms with van der Waals surface area (Å²) in [6.07, 6.45) is 5.23. The lowest BCUT2D eigenvalue weighted by molar-refractivity contribution is 0.102. The van der Waals surface area contributed by atoms with Crippen molar-refractivity contribution in [2.75, 3.05) is 11.9 Å². The lowest BCUT2D eigenvalue weighted by Gasteiger charge is -2.15. The minimum Gasteiger partial charge on any atom is -0.477 e. The van der Waals surface area contributed by atoms with Crippen molar-refractivity contribution < 1.29 is 9.53 Å². The summed E-state index contributed by atoms with van der Waals surface area (Å²) < 4.78 is 9.78. The standard InChI is InChI=1S/C23H26N8O2/c1-13-6-5-7-33-22-17(10-25-30(22)4)18-9-16(8-14(2)26-18)21(32)29-23-28-19-11-24-15(3)27-20(19)31(23)12-13/h8-11,13H,5-7,12H2,1-4H3,(H,28,29,32)/t13-/m1/s1. The topological polar surface area (TPSA) is 113 Å². The van der Waals surface area contributed by atoms with Crippen LogP contribution in [0.25, 0.3) is 22.4 Å². The second-order valence-electron chi connectivity index (χ2n) is 8.59. The van der Waals surface area contributed by atoms with Gasteiger partial charge >= 0.3 is 0 Å². The maximum atomic E-state index is 13.3. The average molecular weight is 447 g/mol. The zero-order valence-corrected chi connectivity index (χ0v) is 19.2. The van der Waals surface area contributed by atoms with E-state index in [0.717, 1.165) is 29.7 Å². The number of ether oxygens (including phenoxy) is 1. The number of rotatable bonds is 0. The normalized spacial score (nSPS) is 16.8. The summed E-state index contributed by atoms with van der Waals surface area (Å²) in [6.45, 7) is 7.11. The summed E-state index contributed by atoms with van der Waals surface area (Å²) in [5, 5.41) is 7.33. The number of fused-ring (bicyclic) bond motifs is 7. The molecule has 33 heavy (non-hydrogen) atoms. The van der Waals surface area contributed by atoms with Crippen LogP contribution in [0.5, 0.6) is 5.88 Å². The molecule has 0 saturated carbocycles. The van der Waals surface area contributed by atoms with Crippen molar-refractivity contribution in [1.29, 1.82) is 0 Å². The van der Waals surface area contributed by atoms with E-state index in [4.69, 9.17) is 4.74 Å². The van der Waals surface area contributed by atoms with Gasteiger partial charge in [0.2, 0.25) is 11.8 Å². The molecular formula is C23H26N8O2. The Bertz CT molecular complexity index is 1360. The SMILES string of the molecule is Cc1cc2cc(n1)-c1cnn(C)c1OCCC[C@@H](C)Cn1c(nc3cnc(C)nc31)NC2=O. The largest absolute Gasteiger partial charge is 0.477 e. The van der Waals surface area contributed by atoms with Crippen molar-refractivity contribution in [3.8, 4) is 17.1 Å². The number of aryl methyl sites for hydroxylation is 3. The molecule has 1 aliphatic heterocycles. The van der Waals surface area contributed by atoms with E-state index in [9.17, 15) is 4.79 Å². The van der Waals surface area contributed by atoms with E-state index < -0.39 is 0 Å². The van der Waals surface area contributed by atoms with Crippen molar-refractivity contribution in [3.05, 3.63) is 41.6 Å². The van der Waals surface area contributed by atoms with E-state index in [0.29, 0.717) is 53.5 Å². The van der Waals surface area contributed by atoms with Gasteiger partial charge in [0.05, 0.1) is 30.3 Å². The monoisotopic (exact) mass is 446 g/mol. The van der Waals surface area contributed by atoms with Crippen molar-refractivity contribution in [2.45, 2.75) is 40.2 Å². The lowest BCUT2D eigenvalue weighted by Crippen LogP contribution is -2.18. The highest BCUT2D eigenvalue weighted by Gasteiger charge is 2.21. The maximum Gasteiger partial charge on any atom is 0.258 e. The molecule has 1 amide bonds. The third-order valence-corrected chi connectivity index (χ3v) is 5.78. The van der Waals surface area contributed by atoms with Gasteiger partial charge in [-0.2, -0.15) is 5.10 Å². The average Bonchev–Trinajstić information content (AvgIpc) is 3.30. The van der Waals surface area contributed by atoms with Crippen LogP contribution in [0, 0.1) is 19.8 Å². The number of anilines is 1. The zero-order valence-electron chi connectivity index (χ0n) is 19.2. The van der Waals surface area contributed by atoms with Crippen LogP contribution >= 0.6 is 0 Å². The molecule has 0 saturated heterocycles. The minimum absolute atomic E-state index is 0.267. The molecule has 1 aliphatic rings. The number of carbonyl (C=O) groups is 1. The van der Waals surface area contributed by atoms with Crippen LogP contribution in [0.1, 0.15) is 41.6 Å². The van der Waals surface area contributed by atoms with E-state index >= 15 is 0 Å². The Morgan fingerprint density at radius 3 is 2.85 bits per heavy atom. The zero-order chi connectivity index (χ0) is 23.1. The Morgan fingerprint density at radius 1 is 1.15 bits per heavy atom. The molecule has 0 radical (unpaired) electrons. The number of pyridine rings is 1. The van der Waals surface area contributed by atoms with Gasteiger partial charge in [0.25, 0.3) is 5.91 Å². The fourth-order valence-electron chi connectivity index (χ4n) is 4.16. The van der Waals surface area contributed by atoms with Gasteiger partial charge in [-0.1, -0.05) is 6.92 Å². The van der Waals surface area contributed by atoms with Crippen LogP contribution in [-0.4, -0.2) is 46.8 Å². The summed E-state index contributed by atoms with van der Waals surface area (Å²) in [5.41, 5.74) is 3.98.